The number of nitrogens with zero attached hydrogens (tertiary/aromatic N) is 2. The molecule has 0 aliphatic carbocycles. The monoisotopic (exact) mass is 285 g/mol. The Morgan fingerprint density at radius 1 is 1.43 bits per heavy atom. The number of aryl methyl sites for hydroxylation is 2. The van der Waals surface area contributed by atoms with Crippen LogP contribution in [0.1, 0.15) is 28.2 Å². The fourth-order valence-corrected chi connectivity index (χ4v) is 2.64. The third kappa shape index (κ3) is 2.77. The fraction of sp³-hybridized carbons (Fsp3) is 0.375. The molecule has 1 saturated heterocycles. The Morgan fingerprint density at radius 3 is 3.00 bits per heavy atom. The fourth-order valence-electron chi connectivity index (χ4n) is 2.64. The Kier molecular flexibility index (Phi) is 3.64. The number of hydrogen-bond donors (Lipinski definition) is 1. The predicted octanol–water partition coefficient (Wildman–Crippen LogP) is 2.32. The third-order valence-corrected chi connectivity index (χ3v) is 3.87. The summed E-state index contributed by atoms with van der Waals surface area (Å²) in [4.78, 5) is 21.5. The van der Waals surface area contributed by atoms with Crippen LogP contribution >= 0.6 is 0 Å². The maximum atomic E-state index is 12.4. The second-order valence-corrected chi connectivity index (χ2v) is 5.38. The van der Waals surface area contributed by atoms with Crippen molar-refractivity contribution in [1.82, 2.24) is 14.9 Å². The van der Waals surface area contributed by atoms with Crippen LogP contribution in [0, 0.1) is 13.8 Å². The minimum atomic E-state index is 0.0381. The van der Waals surface area contributed by atoms with E-state index in [1.54, 1.807) is 12.4 Å². The van der Waals surface area contributed by atoms with Crippen LogP contribution in [0.15, 0.2) is 30.6 Å². The quantitative estimate of drug-likeness (QED) is 0.941. The number of carbonyl (C=O) groups is 1. The molecule has 1 N–H and O–H groups in total. The number of aromatic amines is 1. The molecule has 3 rings (SSSR count). The number of ether oxygens (including phenoxy) is 1. The van der Waals surface area contributed by atoms with Crippen molar-refractivity contribution in [3.8, 4) is 5.75 Å². The molecule has 1 amide bonds. The van der Waals surface area contributed by atoms with Crippen LogP contribution in [0.25, 0.3) is 0 Å². The molecule has 110 valence electrons. The number of likely N-dealkylation sites (tertiary alicyclic amines) is 1. The minimum absolute atomic E-state index is 0.0381. The van der Waals surface area contributed by atoms with Crippen LogP contribution in [0.5, 0.6) is 5.75 Å². The van der Waals surface area contributed by atoms with Crippen LogP contribution in [-0.2, 0) is 0 Å². The van der Waals surface area contributed by atoms with Crippen molar-refractivity contribution in [2.24, 2.45) is 0 Å². The molecule has 0 bridgehead atoms. The molecule has 0 aromatic carbocycles. The summed E-state index contributed by atoms with van der Waals surface area (Å²) >= 11 is 0. The van der Waals surface area contributed by atoms with Crippen molar-refractivity contribution in [1.29, 1.82) is 0 Å². The Bertz CT molecular complexity index is 650. The second kappa shape index (κ2) is 5.60. The topological polar surface area (TPSA) is 58.2 Å². The van der Waals surface area contributed by atoms with Gasteiger partial charge in [0, 0.05) is 31.1 Å². The summed E-state index contributed by atoms with van der Waals surface area (Å²) in [7, 11) is 0. The molecule has 2 aromatic heterocycles. The molecule has 3 heterocycles. The maximum Gasteiger partial charge on any atom is 0.255 e. The van der Waals surface area contributed by atoms with Crippen LogP contribution in [-0.4, -0.2) is 40.0 Å². The average molecular weight is 285 g/mol. The van der Waals surface area contributed by atoms with E-state index < -0.39 is 0 Å². The number of pyridine rings is 1. The first kappa shape index (κ1) is 13.7. The number of nitrogens with one attached hydrogen (secondary N) is 1. The van der Waals surface area contributed by atoms with Crippen molar-refractivity contribution in [3.05, 3.63) is 47.5 Å². The Balaban J connectivity index is 1.65. The van der Waals surface area contributed by atoms with Crippen molar-refractivity contribution in [2.75, 3.05) is 13.1 Å². The Morgan fingerprint density at radius 2 is 2.29 bits per heavy atom. The number of carbonyl (C=O) groups excluding carboxylic acids is 1. The molecule has 0 spiro atoms. The van der Waals surface area contributed by atoms with Gasteiger partial charge in [0.05, 0.1) is 17.8 Å². The van der Waals surface area contributed by atoms with E-state index in [1.165, 1.54) is 0 Å². The zero-order chi connectivity index (χ0) is 14.8. The van der Waals surface area contributed by atoms with Gasteiger partial charge in [-0.15, -0.1) is 0 Å². The highest BCUT2D eigenvalue weighted by Crippen LogP contribution is 2.22. The van der Waals surface area contributed by atoms with Gasteiger partial charge in [-0.1, -0.05) is 0 Å². The van der Waals surface area contributed by atoms with Crippen LogP contribution in [0.4, 0.5) is 0 Å². The first-order valence-electron chi connectivity index (χ1n) is 7.16. The highest BCUT2D eigenvalue weighted by atomic mass is 16.5. The summed E-state index contributed by atoms with van der Waals surface area (Å²) in [6.07, 6.45) is 4.44. The molecule has 0 saturated carbocycles. The van der Waals surface area contributed by atoms with Gasteiger partial charge in [0.25, 0.3) is 5.91 Å². The molecule has 1 aliphatic heterocycles. The van der Waals surface area contributed by atoms with Crippen molar-refractivity contribution < 1.29 is 9.53 Å². The van der Waals surface area contributed by atoms with E-state index in [0.717, 1.165) is 35.7 Å². The van der Waals surface area contributed by atoms with Gasteiger partial charge in [-0.25, -0.2) is 0 Å². The molecule has 1 fully saturated rings. The van der Waals surface area contributed by atoms with E-state index >= 15 is 0 Å². The third-order valence-electron chi connectivity index (χ3n) is 3.87. The van der Waals surface area contributed by atoms with E-state index in [1.807, 2.05) is 36.9 Å². The molecule has 1 atom stereocenters. The normalized spacial score (nSPS) is 18.0. The lowest BCUT2D eigenvalue weighted by Gasteiger charge is -2.17. The van der Waals surface area contributed by atoms with Crippen LogP contribution < -0.4 is 4.74 Å². The Labute approximate surface area is 124 Å². The van der Waals surface area contributed by atoms with Gasteiger partial charge < -0.3 is 14.6 Å². The smallest absolute Gasteiger partial charge is 0.255 e. The van der Waals surface area contributed by atoms with Gasteiger partial charge in [-0.05, 0) is 32.0 Å². The van der Waals surface area contributed by atoms with Gasteiger partial charge in [0.2, 0.25) is 0 Å². The van der Waals surface area contributed by atoms with E-state index in [2.05, 4.69) is 9.97 Å². The molecule has 0 radical (unpaired) electrons. The van der Waals surface area contributed by atoms with E-state index in [0.29, 0.717) is 6.54 Å². The summed E-state index contributed by atoms with van der Waals surface area (Å²) in [6, 6.07) is 5.61. The van der Waals surface area contributed by atoms with Gasteiger partial charge in [0.1, 0.15) is 11.9 Å². The number of hydrogen-bond acceptors (Lipinski definition) is 3. The van der Waals surface area contributed by atoms with Crippen molar-refractivity contribution in [3.63, 3.8) is 0 Å². The number of aromatic nitrogens is 2. The van der Waals surface area contributed by atoms with Gasteiger partial charge >= 0.3 is 0 Å². The molecular weight excluding hydrogens is 266 g/mol. The summed E-state index contributed by atoms with van der Waals surface area (Å²) in [6.45, 7) is 5.19. The Hall–Kier alpha value is -2.30. The van der Waals surface area contributed by atoms with Gasteiger partial charge in [-0.3, -0.25) is 9.78 Å². The SMILES string of the molecule is Cc1ncccc1OC1CCN(C(=O)c2cc[nH]c2C)C1. The molecule has 2 aromatic rings. The van der Waals surface area contributed by atoms with E-state index in [-0.39, 0.29) is 12.0 Å². The predicted molar refractivity (Wildman–Crippen MR) is 79.4 cm³/mol. The number of amides is 1. The molecule has 21 heavy (non-hydrogen) atoms. The molecular formula is C16H19N3O2. The van der Waals surface area contributed by atoms with Crippen LogP contribution in [0.3, 0.4) is 0 Å². The van der Waals surface area contributed by atoms with Gasteiger partial charge in [-0.2, -0.15) is 0 Å². The zero-order valence-electron chi connectivity index (χ0n) is 12.3. The lowest BCUT2D eigenvalue weighted by Crippen LogP contribution is -2.31. The standard InChI is InChI=1S/C16H19N3O2/c1-11-14(5-8-18-11)16(20)19-9-6-13(10-19)21-15-4-3-7-17-12(15)2/h3-5,7-8,13,18H,6,9-10H2,1-2H3. The van der Waals surface area contributed by atoms with Crippen molar-refractivity contribution in [2.45, 2.75) is 26.4 Å². The highest BCUT2D eigenvalue weighted by molar-refractivity contribution is 5.95. The number of H-pyrrole nitrogens is 1. The summed E-state index contributed by atoms with van der Waals surface area (Å²) in [5, 5.41) is 0. The van der Waals surface area contributed by atoms with E-state index in [9.17, 15) is 4.79 Å². The maximum absolute atomic E-state index is 12.4. The molecule has 5 nitrogen and oxygen atoms in total. The summed E-state index contributed by atoms with van der Waals surface area (Å²) in [5.74, 6) is 0.873. The minimum Gasteiger partial charge on any atom is -0.487 e. The lowest BCUT2D eigenvalue weighted by molar-refractivity contribution is 0.0771. The van der Waals surface area contributed by atoms with Gasteiger partial charge in [0.15, 0.2) is 0 Å². The van der Waals surface area contributed by atoms with Crippen LogP contribution in [0.2, 0.25) is 0 Å². The lowest BCUT2D eigenvalue weighted by atomic mass is 10.2. The number of rotatable bonds is 3. The molecule has 5 heteroatoms. The zero-order valence-corrected chi connectivity index (χ0v) is 12.3. The first-order chi connectivity index (χ1) is 10.1. The average Bonchev–Trinajstić information content (AvgIpc) is 3.10. The second-order valence-electron chi connectivity index (χ2n) is 5.38. The largest absolute Gasteiger partial charge is 0.487 e. The van der Waals surface area contributed by atoms with Crippen molar-refractivity contribution >= 4 is 5.91 Å². The molecule has 1 unspecified atom stereocenters. The van der Waals surface area contributed by atoms with E-state index in [4.69, 9.17) is 4.74 Å². The summed E-state index contributed by atoms with van der Waals surface area (Å²) < 4.78 is 5.97. The first-order valence-corrected chi connectivity index (χ1v) is 7.16. The summed E-state index contributed by atoms with van der Waals surface area (Å²) in [5.41, 5.74) is 2.53. The molecule has 1 aliphatic rings. The highest BCUT2D eigenvalue weighted by Gasteiger charge is 2.29.